The van der Waals surface area contributed by atoms with Gasteiger partial charge in [0.1, 0.15) is 0 Å². The summed E-state index contributed by atoms with van der Waals surface area (Å²) < 4.78 is 0. The van der Waals surface area contributed by atoms with Gasteiger partial charge < -0.3 is 10.0 Å². The third kappa shape index (κ3) is 5.52. The van der Waals surface area contributed by atoms with Crippen molar-refractivity contribution in [3.8, 4) is 0 Å². The quantitative estimate of drug-likeness (QED) is 0.828. The van der Waals surface area contributed by atoms with E-state index in [1.54, 1.807) is 11.8 Å². The maximum atomic E-state index is 12.9. The summed E-state index contributed by atoms with van der Waals surface area (Å²) in [5.41, 5.74) is 1.27. The van der Waals surface area contributed by atoms with E-state index in [0.29, 0.717) is 12.5 Å². The van der Waals surface area contributed by atoms with Crippen LogP contribution < -0.4 is 0 Å². The highest BCUT2D eigenvalue weighted by molar-refractivity contribution is 7.99. The third-order valence-corrected chi connectivity index (χ3v) is 5.83. The Balaban J connectivity index is 1.88. The molecule has 1 saturated heterocycles. The second kappa shape index (κ2) is 9.30. The first-order valence-corrected chi connectivity index (χ1v) is 9.44. The molecule has 1 amide bonds. The highest BCUT2D eigenvalue weighted by Crippen LogP contribution is 2.26. The van der Waals surface area contributed by atoms with Crippen molar-refractivity contribution in [3.63, 3.8) is 0 Å². The Bertz CT molecular complexity index is 473. The van der Waals surface area contributed by atoms with Crippen LogP contribution in [0.1, 0.15) is 19.4 Å². The molecule has 5 heteroatoms. The molecular formula is C18H28N2O2S. The molecule has 1 atom stereocenters. The minimum Gasteiger partial charge on any atom is -0.395 e. The van der Waals surface area contributed by atoms with E-state index < -0.39 is 0 Å². The van der Waals surface area contributed by atoms with Gasteiger partial charge in [0.15, 0.2) is 0 Å². The average molecular weight is 337 g/mol. The van der Waals surface area contributed by atoms with Crippen molar-refractivity contribution in [2.45, 2.75) is 24.9 Å². The summed E-state index contributed by atoms with van der Waals surface area (Å²) in [5, 5.41) is 9.02. The van der Waals surface area contributed by atoms with Crippen LogP contribution in [0.3, 0.4) is 0 Å². The molecule has 1 aliphatic heterocycles. The van der Waals surface area contributed by atoms with Crippen molar-refractivity contribution in [1.82, 2.24) is 9.80 Å². The number of carbonyl (C=O) groups excluding carboxylic acids is 1. The van der Waals surface area contributed by atoms with Gasteiger partial charge in [-0.3, -0.25) is 9.69 Å². The van der Waals surface area contributed by atoms with Crippen LogP contribution in [-0.2, 0) is 10.5 Å². The zero-order valence-electron chi connectivity index (χ0n) is 14.1. The fourth-order valence-electron chi connectivity index (χ4n) is 2.82. The van der Waals surface area contributed by atoms with Gasteiger partial charge in [0, 0.05) is 38.5 Å². The third-order valence-electron chi connectivity index (χ3n) is 4.22. The van der Waals surface area contributed by atoms with Crippen molar-refractivity contribution in [2.24, 2.45) is 5.92 Å². The monoisotopic (exact) mass is 336 g/mol. The molecule has 0 bridgehead atoms. The lowest BCUT2D eigenvalue weighted by molar-refractivity contribution is -0.133. The van der Waals surface area contributed by atoms with Crippen LogP contribution in [0.25, 0.3) is 0 Å². The van der Waals surface area contributed by atoms with E-state index in [4.69, 9.17) is 5.11 Å². The van der Waals surface area contributed by atoms with Crippen LogP contribution in [0.2, 0.25) is 0 Å². The summed E-state index contributed by atoms with van der Waals surface area (Å²) in [6, 6.07) is 10.3. The zero-order valence-corrected chi connectivity index (χ0v) is 15.0. The molecule has 0 saturated carbocycles. The van der Waals surface area contributed by atoms with Crippen molar-refractivity contribution in [3.05, 3.63) is 35.9 Å². The first-order chi connectivity index (χ1) is 11.1. The summed E-state index contributed by atoms with van der Waals surface area (Å²) in [7, 11) is 0. The number of thioether (sulfide) groups is 1. The van der Waals surface area contributed by atoms with Gasteiger partial charge in [0.25, 0.3) is 0 Å². The molecule has 1 heterocycles. The van der Waals surface area contributed by atoms with E-state index in [1.807, 2.05) is 23.1 Å². The molecule has 1 fully saturated rings. The number of aliphatic hydroxyl groups is 1. The van der Waals surface area contributed by atoms with Crippen LogP contribution in [0.5, 0.6) is 0 Å². The Kier molecular flexibility index (Phi) is 7.40. The van der Waals surface area contributed by atoms with Gasteiger partial charge in [-0.1, -0.05) is 44.2 Å². The van der Waals surface area contributed by atoms with Crippen LogP contribution in [0.15, 0.2) is 30.3 Å². The Morgan fingerprint density at radius 2 is 1.83 bits per heavy atom. The van der Waals surface area contributed by atoms with Crippen LogP contribution in [-0.4, -0.2) is 65.4 Å². The molecule has 0 aromatic heterocycles. The van der Waals surface area contributed by atoms with Gasteiger partial charge in [-0.05, 0) is 11.5 Å². The Labute approximate surface area is 143 Å². The number of amides is 1. The summed E-state index contributed by atoms with van der Waals surface area (Å²) in [6.45, 7) is 8.42. The van der Waals surface area contributed by atoms with E-state index in [1.165, 1.54) is 5.56 Å². The van der Waals surface area contributed by atoms with Gasteiger partial charge in [-0.15, -0.1) is 11.8 Å². The molecule has 4 nitrogen and oxygen atoms in total. The van der Waals surface area contributed by atoms with Crippen LogP contribution >= 0.6 is 11.8 Å². The number of carbonyl (C=O) groups is 1. The van der Waals surface area contributed by atoms with Crippen molar-refractivity contribution in [2.75, 3.05) is 39.3 Å². The van der Waals surface area contributed by atoms with Crippen LogP contribution in [0, 0.1) is 5.92 Å². The topological polar surface area (TPSA) is 43.8 Å². The first kappa shape index (κ1) is 18.3. The molecule has 2 rings (SSSR count). The molecule has 1 aliphatic rings. The highest BCUT2D eigenvalue weighted by atomic mass is 32.2. The lowest BCUT2D eigenvalue weighted by Gasteiger charge is -2.36. The normalized spacial score (nSPS) is 17.5. The first-order valence-electron chi connectivity index (χ1n) is 8.39. The number of benzene rings is 1. The lowest BCUT2D eigenvalue weighted by Crippen LogP contribution is -2.52. The number of aliphatic hydroxyl groups excluding tert-OH is 1. The Morgan fingerprint density at radius 1 is 1.17 bits per heavy atom. The Hall–Kier alpha value is -1.04. The standard InChI is InChI=1S/C18H28N2O2S/c1-15(2)17(23-14-16-6-4-3-5-7-16)18(22)20-10-8-19(9-11-20)12-13-21/h3-7,15,17,21H,8-14H2,1-2H3. The summed E-state index contributed by atoms with van der Waals surface area (Å²) in [5.74, 6) is 1.47. The van der Waals surface area contributed by atoms with E-state index in [0.717, 1.165) is 31.9 Å². The number of rotatable bonds is 7. The maximum absolute atomic E-state index is 12.9. The van der Waals surface area contributed by atoms with Gasteiger partial charge in [-0.2, -0.15) is 0 Å². The molecular weight excluding hydrogens is 308 g/mol. The lowest BCUT2D eigenvalue weighted by atomic mass is 10.1. The van der Waals surface area contributed by atoms with Gasteiger partial charge in [-0.25, -0.2) is 0 Å². The molecule has 1 aromatic carbocycles. The minimum atomic E-state index is 0.0135. The SMILES string of the molecule is CC(C)C(SCc1ccccc1)C(=O)N1CCN(CCO)CC1. The highest BCUT2D eigenvalue weighted by Gasteiger charge is 2.29. The molecule has 1 unspecified atom stereocenters. The van der Waals surface area contributed by atoms with Crippen molar-refractivity contribution in [1.29, 1.82) is 0 Å². The fourth-order valence-corrected chi connectivity index (χ4v) is 4.06. The maximum Gasteiger partial charge on any atom is 0.236 e. The molecule has 0 spiro atoms. The molecule has 0 radical (unpaired) electrons. The second-order valence-corrected chi connectivity index (χ2v) is 7.48. The smallest absolute Gasteiger partial charge is 0.236 e. The molecule has 23 heavy (non-hydrogen) atoms. The van der Waals surface area contributed by atoms with E-state index >= 15 is 0 Å². The predicted octanol–water partition coefficient (Wildman–Crippen LogP) is 2.08. The molecule has 128 valence electrons. The summed E-state index contributed by atoms with van der Waals surface area (Å²) in [4.78, 5) is 17.1. The number of piperazine rings is 1. The van der Waals surface area contributed by atoms with Crippen molar-refractivity contribution < 1.29 is 9.90 Å². The summed E-state index contributed by atoms with van der Waals surface area (Å²) in [6.07, 6.45) is 0. The Morgan fingerprint density at radius 3 is 2.39 bits per heavy atom. The number of nitrogens with zero attached hydrogens (tertiary/aromatic N) is 2. The van der Waals surface area contributed by atoms with Gasteiger partial charge >= 0.3 is 0 Å². The molecule has 0 aliphatic carbocycles. The number of hydrogen-bond donors (Lipinski definition) is 1. The molecule has 1 aromatic rings. The number of hydrogen-bond acceptors (Lipinski definition) is 4. The van der Waals surface area contributed by atoms with E-state index in [9.17, 15) is 4.79 Å². The molecule has 1 N–H and O–H groups in total. The minimum absolute atomic E-state index is 0.0135. The van der Waals surface area contributed by atoms with E-state index in [2.05, 4.69) is 30.9 Å². The fraction of sp³-hybridized carbons (Fsp3) is 0.611. The zero-order chi connectivity index (χ0) is 16.7. The predicted molar refractivity (Wildman–Crippen MR) is 96.5 cm³/mol. The van der Waals surface area contributed by atoms with Gasteiger partial charge in [0.05, 0.1) is 11.9 Å². The summed E-state index contributed by atoms with van der Waals surface area (Å²) >= 11 is 1.75. The number of β-amino-alcohol motifs (C(OH)–C–C–N with tert-alkyl or cyclic N) is 1. The van der Waals surface area contributed by atoms with E-state index in [-0.39, 0.29) is 17.8 Å². The largest absolute Gasteiger partial charge is 0.395 e. The second-order valence-electron chi connectivity index (χ2n) is 6.35. The van der Waals surface area contributed by atoms with Gasteiger partial charge in [0.2, 0.25) is 5.91 Å². The average Bonchev–Trinajstić information content (AvgIpc) is 2.56. The van der Waals surface area contributed by atoms with Crippen molar-refractivity contribution >= 4 is 17.7 Å². The van der Waals surface area contributed by atoms with Crippen LogP contribution in [0.4, 0.5) is 0 Å².